The number of rotatable bonds is 8. The first-order valence-electron chi connectivity index (χ1n) is 9.55. The molecule has 1 heterocycles. The molecule has 1 aromatic carbocycles. The van der Waals surface area contributed by atoms with Crippen LogP contribution in [0.25, 0.3) is 0 Å². The summed E-state index contributed by atoms with van der Waals surface area (Å²) in [7, 11) is -0.739. The van der Waals surface area contributed by atoms with E-state index in [-0.39, 0.29) is 22.6 Å². The lowest BCUT2D eigenvalue weighted by Gasteiger charge is -2.34. The molecule has 7 nitrogen and oxygen atoms in total. The molecule has 0 spiro atoms. The van der Waals surface area contributed by atoms with Crippen molar-refractivity contribution >= 4 is 21.6 Å². The molecule has 152 valence electrons. The highest BCUT2D eigenvalue weighted by Crippen LogP contribution is 2.29. The Kier molecular flexibility index (Phi) is 7.64. The van der Waals surface area contributed by atoms with E-state index in [1.165, 1.54) is 20.2 Å². The molecule has 0 radical (unpaired) electrons. The first-order valence-corrected chi connectivity index (χ1v) is 11.0. The lowest BCUT2D eigenvalue weighted by Crippen LogP contribution is -2.47. The Labute approximate surface area is 162 Å². The molecule has 1 amide bonds. The summed E-state index contributed by atoms with van der Waals surface area (Å²) in [5.41, 5.74) is 0.464. The zero-order valence-corrected chi connectivity index (χ0v) is 17.5. The third-order valence-electron chi connectivity index (χ3n) is 4.70. The van der Waals surface area contributed by atoms with E-state index in [0.717, 1.165) is 43.1 Å². The van der Waals surface area contributed by atoms with Gasteiger partial charge >= 0.3 is 0 Å². The zero-order valence-electron chi connectivity index (χ0n) is 16.7. The Morgan fingerprint density at radius 3 is 2.67 bits per heavy atom. The Hall–Kier alpha value is -1.64. The van der Waals surface area contributed by atoms with Crippen LogP contribution in [-0.2, 0) is 14.8 Å². The third kappa shape index (κ3) is 5.21. The van der Waals surface area contributed by atoms with Crippen LogP contribution in [0.4, 0.5) is 5.69 Å². The predicted molar refractivity (Wildman–Crippen MR) is 107 cm³/mol. The van der Waals surface area contributed by atoms with Gasteiger partial charge in [-0.25, -0.2) is 12.7 Å². The first-order chi connectivity index (χ1) is 12.8. The van der Waals surface area contributed by atoms with Crippen LogP contribution in [0, 0.1) is 0 Å². The Balaban J connectivity index is 2.27. The number of sulfonamides is 1. The van der Waals surface area contributed by atoms with Gasteiger partial charge in [-0.15, -0.1) is 0 Å². The van der Waals surface area contributed by atoms with E-state index in [2.05, 4.69) is 17.1 Å². The summed E-state index contributed by atoms with van der Waals surface area (Å²) in [5, 5.41) is 2.90. The smallest absolute Gasteiger partial charge is 0.246 e. The molecule has 8 heteroatoms. The standard InChI is InChI=1S/C19H31N3O4S/c1-5-12-22-13-8-7-9-16(22)19(23)20-15-10-11-17(26-6-2)18(14-15)27(24,25)21(3)4/h10-11,14,16H,5-9,12-13H2,1-4H3,(H,20,23). The molecule has 2 rings (SSSR count). The fourth-order valence-electron chi connectivity index (χ4n) is 3.33. The van der Waals surface area contributed by atoms with Crippen LogP contribution in [-0.4, -0.2) is 63.4 Å². The van der Waals surface area contributed by atoms with Crippen LogP contribution in [0.3, 0.4) is 0 Å². The van der Waals surface area contributed by atoms with Crippen LogP contribution < -0.4 is 10.1 Å². The maximum Gasteiger partial charge on any atom is 0.246 e. The monoisotopic (exact) mass is 397 g/mol. The molecule has 1 aliphatic heterocycles. The second-order valence-corrected chi connectivity index (χ2v) is 9.04. The largest absolute Gasteiger partial charge is 0.492 e. The normalized spacial score (nSPS) is 18.5. The Morgan fingerprint density at radius 2 is 2.04 bits per heavy atom. The van der Waals surface area contributed by atoms with Gasteiger partial charge in [-0.3, -0.25) is 9.69 Å². The van der Waals surface area contributed by atoms with Gasteiger partial charge in [0, 0.05) is 19.8 Å². The van der Waals surface area contributed by atoms with E-state index in [1.807, 2.05) is 0 Å². The van der Waals surface area contributed by atoms with Crippen molar-refractivity contribution in [2.45, 2.75) is 50.5 Å². The number of hydrogen-bond donors (Lipinski definition) is 1. The average molecular weight is 398 g/mol. The molecule has 1 aromatic rings. The summed E-state index contributed by atoms with van der Waals surface area (Å²) >= 11 is 0. The van der Waals surface area contributed by atoms with Gasteiger partial charge in [0.1, 0.15) is 10.6 Å². The van der Waals surface area contributed by atoms with Gasteiger partial charge < -0.3 is 10.1 Å². The van der Waals surface area contributed by atoms with Crippen molar-refractivity contribution in [3.05, 3.63) is 18.2 Å². The number of amides is 1. The molecular formula is C19H31N3O4S. The van der Waals surface area contributed by atoms with Crippen LogP contribution in [0.1, 0.15) is 39.5 Å². The number of benzene rings is 1. The van der Waals surface area contributed by atoms with Gasteiger partial charge in [0.05, 0.1) is 12.6 Å². The van der Waals surface area contributed by atoms with E-state index in [4.69, 9.17) is 4.74 Å². The number of hydrogen-bond acceptors (Lipinski definition) is 5. The molecule has 0 aliphatic carbocycles. The summed E-state index contributed by atoms with van der Waals surface area (Å²) in [5.74, 6) is 0.204. The van der Waals surface area contributed by atoms with Crippen molar-refractivity contribution in [3.63, 3.8) is 0 Å². The SMILES string of the molecule is CCCN1CCCCC1C(=O)Nc1ccc(OCC)c(S(=O)(=O)N(C)C)c1. The topological polar surface area (TPSA) is 79.0 Å². The van der Waals surface area contributed by atoms with Crippen LogP contribution in [0.5, 0.6) is 5.75 Å². The lowest BCUT2D eigenvalue weighted by atomic mass is 10.0. The van der Waals surface area contributed by atoms with E-state index in [9.17, 15) is 13.2 Å². The molecule has 0 saturated carbocycles. The summed E-state index contributed by atoms with van der Waals surface area (Å²) in [6.45, 7) is 6.08. The molecule has 1 saturated heterocycles. The first kappa shape index (κ1) is 21.7. The van der Waals surface area contributed by atoms with Crippen LogP contribution >= 0.6 is 0 Å². The van der Waals surface area contributed by atoms with E-state index >= 15 is 0 Å². The molecule has 0 aromatic heterocycles. The number of nitrogens with zero attached hydrogens (tertiary/aromatic N) is 2. The van der Waals surface area contributed by atoms with Crippen molar-refractivity contribution in [3.8, 4) is 5.75 Å². The molecule has 1 unspecified atom stereocenters. The van der Waals surface area contributed by atoms with Crippen molar-refractivity contribution in [1.29, 1.82) is 0 Å². The second-order valence-electron chi connectivity index (χ2n) is 6.92. The van der Waals surface area contributed by atoms with Crippen molar-refractivity contribution in [2.75, 3.05) is 39.1 Å². The summed E-state index contributed by atoms with van der Waals surface area (Å²) in [4.78, 5) is 15.1. The average Bonchev–Trinajstić information content (AvgIpc) is 2.63. The minimum atomic E-state index is -3.69. The third-order valence-corrected chi connectivity index (χ3v) is 6.53. The van der Waals surface area contributed by atoms with Gasteiger partial charge in [-0.2, -0.15) is 0 Å². The number of carbonyl (C=O) groups excluding carboxylic acids is 1. The second kappa shape index (κ2) is 9.52. The number of piperidine rings is 1. The van der Waals surface area contributed by atoms with E-state index in [0.29, 0.717) is 12.3 Å². The number of carbonyl (C=O) groups is 1. The Bertz CT molecular complexity index is 747. The number of likely N-dealkylation sites (tertiary alicyclic amines) is 1. The maximum absolute atomic E-state index is 12.8. The molecular weight excluding hydrogens is 366 g/mol. The number of ether oxygens (including phenoxy) is 1. The lowest BCUT2D eigenvalue weighted by molar-refractivity contribution is -0.122. The van der Waals surface area contributed by atoms with E-state index < -0.39 is 10.0 Å². The minimum Gasteiger partial charge on any atom is -0.492 e. The zero-order chi connectivity index (χ0) is 20.0. The Morgan fingerprint density at radius 1 is 1.30 bits per heavy atom. The predicted octanol–water partition coefficient (Wildman–Crippen LogP) is 2.54. The molecule has 1 atom stereocenters. The highest BCUT2D eigenvalue weighted by atomic mass is 32.2. The molecule has 1 aliphatic rings. The summed E-state index contributed by atoms with van der Waals surface area (Å²) < 4.78 is 31.9. The van der Waals surface area contributed by atoms with Crippen molar-refractivity contribution in [2.24, 2.45) is 0 Å². The van der Waals surface area contributed by atoms with Gasteiger partial charge in [0.2, 0.25) is 15.9 Å². The highest BCUT2D eigenvalue weighted by molar-refractivity contribution is 7.89. The maximum atomic E-state index is 12.8. The molecule has 27 heavy (non-hydrogen) atoms. The number of anilines is 1. The van der Waals surface area contributed by atoms with Crippen LogP contribution in [0.15, 0.2) is 23.1 Å². The van der Waals surface area contributed by atoms with Crippen molar-refractivity contribution in [1.82, 2.24) is 9.21 Å². The molecule has 0 bridgehead atoms. The van der Waals surface area contributed by atoms with E-state index in [1.54, 1.807) is 19.1 Å². The fourth-order valence-corrected chi connectivity index (χ4v) is 4.38. The fraction of sp³-hybridized carbons (Fsp3) is 0.632. The summed E-state index contributed by atoms with van der Waals surface area (Å²) in [6.07, 6.45) is 3.96. The van der Waals surface area contributed by atoms with Gasteiger partial charge in [0.15, 0.2) is 0 Å². The van der Waals surface area contributed by atoms with Gasteiger partial charge in [-0.1, -0.05) is 13.3 Å². The molecule has 1 N–H and O–H groups in total. The van der Waals surface area contributed by atoms with Gasteiger partial charge in [-0.05, 0) is 57.5 Å². The highest BCUT2D eigenvalue weighted by Gasteiger charge is 2.29. The molecule has 1 fully saturated rings. The minimum absolute atomic E-state index is 0.0567. The van der Waals surface area contributed by atoms with Crippen LogP contribution in [0.2, 0.25) is 0 Å². The van der Waals surface area contributed by atoms with Crippen molar-refractivity contribution < 1.29 is 17.9 Å². The number of nitrogens with one attached hydrogen (secondary N) is 1. The summed E-state index contributed by atoms with van der Waals surface area (Å²) in [6, 6.07) is 4.59. The quantitative estimate of drug-likeness (QED) is 0.729. The van der Waals surface area contributed by atoms with Gasteiger partial charge in [0.25, 0.3) is 0 Å².